The normalized spacial score (nSPS) is 18.6. The summed E-state index contributed by atoms with van der Waals surface area (Å²) < 4.78 is 7.74. The summed E-state index contributed by atoms with van der Waals surface area (Å²) in [6.07, 6.45) is 0. The lowest BCUT2D eigenvalue weighted by molar-refractivity contribution is 0.0180. The van der Waals surface area contributed by atoms with Gasteiger partial charge in [0.2, 0.25) is 0 Å². The molecular weight excluding hydrogens is 250 g/mol. The molecule has 1 aromatic heterocycles. The number of hydrogen-bond donors (Lipinski definition) is 1. The van der Waals surface area contributed by atoms with Crippen molar-refractivity contribution in [2.75, 3.05) is 32.8 Å². The Labute approximate surface area is 120 Å². The van der Waals surface area contributed by atoms with Gasteiger partial charge in [0.25, 0.3) is 0 Å². The van der Waals surface area contributed by atoms with Crippen LogP contribution >= 0.6 is 0 Å². The van der Waals surface area contributed by atoms with Gasteiger partial charge in [0.05, 0.1) is 13.2 Å². The van der Waals surface area contributed by atoms with Crippen LogP contribution in [0.15, 0.2) is 24.3 Å². The van der Waals surface area contributed by atoms with E-state index in [-0.39, 0.29) is 6.04 Å². The highest BCUT2D eigenvalue weighted by Gasteiger charge is 2.26. The van der Waals surface area contributed by atoms with E-state index in [9.17, 15) is 0 Å². The monoisotopic (exact) mass is 273 g/mol. The molecular formula is C16H23N3O. The fourth-order valence-corrected chi connectivity index (χ4v) is 3.31. The number of aromatic nitrogens is 1. The molecule has 4 nitrogen and oxygen atoms in total. The summed E-state index contributed by atoms with van der Waals surface area (Å²) in [6, 6.07) is 8.88. The molecule has 1 aromatic carbocycles. The average Bonchev–Trinajstić information content (AvgIpc) is 2.75. The lowest BCUT2D eigenvalue weighted by atomic mass is 10.0. The Morgan fingerprint density at radius 1 is 1.25 bits per heavy atom. The molecule has 1 unspecified atom stereocenters. The predicted molar refractivity (Wildman–Crippen MR) is 81.8 cm³/mol. The number of hydrogen-bond acceptors (Lipinski definition) is 3. The summed E-state index contributed by atoms with van der Waals surface area (Å²) in [6.45, 7) is 6.38. The SMILES string of the molecule is Cc1c(C(CN)N2CCOCC2)c2ccccc2n1C. The van der Waals surface area contributed by atoms with Crippen molar-refractivity contribution < 1.29 is 4.74 Å². The minimum absolute atomic E-state index is 0.282. The Bertz CT molecular complexity index is 599. The molecule has 0 bridgehead atoms. The van der Waals surface area contributed by atoms with Crippen LogP contribution in [0.25, 0.3) is 10.9 Å². The van der Waals surface area contributed by atoms with Crippen molar-refractivity contribution in [3.63, 3.8) is 0 Å². The van der Waals surface area contributed by atoms with Crippen LogP contribution in [0.1, 0.15) is 17.3 Å². The fourth-order valence-electron chi connectivity index (χ4n) is 3.31. The molecule has 0 saturated carbocycles. The molecule has 2 N–H and O–H groups in total. The number of para-hydroxylation sites is 1. The van der Waals surface area contributed by atoms with Gasteiger partial charge in [0.15, 0.2) is 0 Å². The summed E-state index contributed by atoms with van der Waals surface area (Å²) in [4.78, 5) is 2.46. The standard InChI is InChI=1S/C16H23N3O/c1-12-16(13-5-3-4-6-14(13)18(12)2)15(11-17)19-7-9-20-10-8-19/h3-6,15H,7-11,17H2,1-2H3. The molecule has 1 aliphatic heterocycles. The zero-order chi connectivity index (χ0) is 14.1. The smallest absolute Gasteiger partial charge is 0.0594 e. The average molecular weight is 273 g/mol. The van der Waals surface area contributed by atoms with Gasteiger partial charge in [-0.3, -0.25) is 4.90 Å². The van der Waals surface area contributed by atoms with E-state index >= 15 is 0 Å². The van der Waals surface area contributed by atoms with E-state index < -0.39 is 0 Å². The molecule has 1 fully saturated rings. The van der Waals surface area contributed by atoms with Crippen molar-refractivity contribution in [3.8, 4) is 0 Å². The van der Waals surface area contributed by atoms with Crippen molar-refractivity contribution >= 4 is 10.9 Å². The number of ether oxygens (including phenoxy) is 1. The van der Waals surface area contributed by atoms with Gasteiger partial charge in [-0.1, -0.05) is 18.2 Å². The fraction of sp³-hybridized carbons (Fsp3) is 0.500. The van der Waals surface area contributed by atoms with Crippen molar-refractivity contribution in [1.82, 2.24) is 9.47 Å². The van der Waals surface area contributed by atoms with Crippen LogP contribution in [0.2, 0.25) is 0 Å². The van der Waals surface area contributed by atoms with Gasteiger partial charge in [0, 0.05) is 49.3 Å². The quantitative estimate of drug-likeness (QED) is 0.927. The molecule has 1 saturated heterocycles. The second kappa shape index (κ2) is 5.56. The van der Waals surface area contributed by atoms with Crippen LogP contribution in [0.3, 0.4) is 0 Å². The number of nitrogens with zero attached hydrogens (tertiary/aromatic N) is 2. The van der Waals surface area contributed by atoms with E-state index in [0.29, 0.717) is 6.54 Å². The minimum atomic E-state index is 0.282. The minimum Gasteiger partial charge on any atom is -0.379 e. The number of fused-ring (bicyclic) bond motifs is 1. The van der Waals surface area contributed by atoms with E-state index in [1.807, 2.05) is 0 Å². The van der Waals surface area contributed by atoms with Gasteiger partial charge in [-0.2, -0.15) is 0 Å². The molecule has 0 aliphatic carbocycles. The van der Waals surface area contributed by atoms with Crippen LogP contribution in [0, 0.1) is 6.92 Å². The van der Waals surface area contributed by atoms with E-state index in [0.717, 1.165) is 26.3 Å². The third-order valence-electron chi connectivity index (χ3n) is 4.49. The summed E-state index contributed by atoms with van der Waals surface area (Å²) in [5, 5.41) is 1.33. The van der Waals surface area contributed by atoms with Crippen LogP contribution in [0.5, 0.6) is 0 Å². The van der Waals surface area contributed by atoms with Crippen LogP contribution in [-0.4, -0.2) is 42.3 Å². The molecule has 2 heterocycles. The Morgan fingerprint density at radius 3 is 2.65 bits per heavy atom. The van der Waals surface area contributed by atoms with Crippen molar-refractivity contribution in [3.05, 3.63) is 35.5 Å². The van der Waals surface area contributed by atoms with Crippen LogP contribution in [0.4, 0.5) is 0 Å². The molecule has 20 heavy (non-hydrogen) atoms. The first kappa shape index (κ1) is 13.6. The van der Waals surface area contributed by atoms with Crippen molar-refractivity contribution in [2.24, 2.45) is 12.8 Å². The zero-order valence-corrected chi connectivity index (χ0v) is 12.3. The molecule has 1 atom stereocenters. The third-order valence-corrected chi connectivity index (χ3v) is 4.49. The van der Waals surface area contributed by atoms with Crippen LogP contribution < -0.4 is 5.73 Å². The molecule has 108 valence electrons. The maximum absolute atomic E-state index is 6.11. The Kier molecular flexibility index (Phi) is 3.78. The summed E-state index contributed by atoms with van der Waals surface area (Å²) in [5.41, 5.74) is 10.1. The number of nitrogens with two attached hydrogens (primary N) is 1. The highest BCUT2D eigenvalue weighted by Crippen LogP contribution is 2.33. The van der Waals surface area contributed by atoms with Gasteiger partial charge >= 0.3 is 0 Å². The van der Waals surface area contributed by atoms with Gasteiger partial charge < -0.3 is 15.0 Å². The molecule has 0 amide bonds. The Balaban J connectivity index is 2.09. The number of aryl methyl sites for hydroxylation is 1. The Hall–Kier alpha value is -1.36. The number of morpholine rings is 1. The first-order chi connectivity index (χ1) is 9.74. The van der Waals surface area contributed by atoms with E-state index in [1.165, 1.54) is 22.2 Å². The number of rotatable bonds is 3. The summed E-state index contributed by atoms with van der Waals surface area (Å²) in [7, 11) is 2.13. The molecule has 3 rings (SSSR count). The molecule has 2 aromatic rings. The molecule has 0 spiro atoms. The lowest BCUT2D eigenvalue weighted by Crippen LogP contribution is -2.42. The highest BCUT2D eigenvalue weighted by molar-refractivity contribution is 5.86. The second-order valence-corrected chi connectivity index (χ2v) is 5.48. The summed E-state index contributed by atoms with van der Waals surface area (Å²) >= 11 is 0. The van der Waals surface area contributed by atoms with E-state index in [2.05, 4.69) is 47.7 Å². The van der Waals surface area contributed by atoms with Gasteiger partial charge in [0.1, 0.15) is 0 Å². The Morgan fingerprint density at radius 2 is 1.95 bits per heavy atom. The van der Waals surface area contributed by atoms with Crippen molar-refractivity contribution in [2.45, 2.75) is 13.0 Å². The maximum Gasteiger partial charge on any atom is 0.0594 e. The summed E-state index contributed by atoms with van der Waals surface area (Å²) in [5.74, 6) is 0. The molecule has 1 aliphatic rings. The predicted octanol–water partition coefficient (Wildman–Crippen LogP) is 1.82. The maximum atomic E-state index is 6.11. The van der Waals surface area contributed by atoms with Gasteiger partial charge in [-0.15, -0.1) is 0 Å². The number of benzene rings is 1. The van der Waals surface area contributed by atoms with Crippen LogP contribution in [-0.2, 0) is 11.8 Å². The van der Waals surface area contributed by atoms with Crippen molar-refractivity contribution in [1.29, 1.82) is 0 Å². The van der Waals surface area contributed by atoms with Gasteiger partial charge in [-0.05, 0) is 18.6 Å². The largest absolute Gasteiger partial charge is 0.379 e. The lowest BCUT2D eigenvalue weighted by Gasteiger charge is -2.34. The van der Waals surface area contributed by atoms with E-state index in [4.69, 9.17) is 10.5 Å². The third kappa shape index (κ3) is 2.14. The topological polar surface area (TPSA) is 43.4 Å². The molecule has 0 radical (unpaired) electrons. The zero-order valence-electron chi connectivity index (χ0n) is 12.3. The van der Waals surface area contributed by atoms with Gasteiger partial charge in [-0.25, -0.2) is 0 Å². The van der Waals surface area contributed by atoms with E-state index in [1.54, 1.807) is 0 Å². The molecule has 4 heteroatoms. The first-order valence-corrected chi connectivity index (χ1v) is 7.29. The second-order valence-electron chi connectivity index (χ2n) is 5.48. The first-order valence-electron chi connectivity index (χ1n) is 7.29. The highest BCUT2D eigenvalue weighted by atomic mass is 16.5.